The van der Waals surface area contributed by atoms with Crippen LogP contribution >= 0.6 is 0 Å². The summed E-state index contributed by atoms with van der Waals surface area (Å²) in [5.41, 5.74) is 2.66. The number of guanidine groups is 1. The lowest BCUT2D eigenvalue weighted by atomic mass is 9.82. The fourth-order valence-corrected chi connectivity index (χ4v) is 4.31. The molecular weight excluding hydrogens is 384 g/mol. The molecule has 0 amide bonds. The van der Waals surface area contributed by atoms with Crippen molar-refractivity contribution in [3.05, 3.63) is 83.4 Å². The number of benzene rings is 2. The number of nitrogens with one attached hydrogen (secondary N) is 1. The summed E-state index contributed by atoms with van der Waals surface area (Å²) >= 11 is 0. The van der Waals surface area contributed by atoms with E-state index in [0.29, 0.717) is 24.9 Å². The molecule has 1 N–H and O–H groups in total. The maximum Gasteiger partial charge on any atom is 0.194 e. The molecule has 162 valence electrons. The van der Waals surface area contributed by atoms with Crippen LogP contribution < -0.4 is 5.32 Å². The van der Waals surface area contributed by atoms with Crippen molar-refractivity contribution in [2.45, 2.75) is 39.3 Å². The fourth-order valence-electron chi connectivity index (χ4n) is 4.31. The Balaban J connectivity index is 1.49. The predicted molar refractivity (Wildman–Crippen MR) is 125 cm³/mol. The average molecular weight is 417 g/mol. The molecule has 0 aliphatic carbocycles. The van der Waals surface area contributed by atoms with Gasteiger partial charge >= 0.3 is 0 Å². The Morgan fingerprint density at radius 3 is 2.42 bits per heavy atom. The quantitative estimate of drug-likeness (QED) is 0.506. The Kier molecular flexibility index (Phi) is 6.65. The van der Waals surface area contributed by atoms with Crippen LogP contribution in [0.4, 0.5) is 0 Å². The summed E-state index contributed by atoms with van der Waals surface area (Å²) in [5, 5.41) is 12.0. The van der Waals surface area contributed by atoms with Crippen molar-refractivity contribution >= 4 is 5.96 Å². The largest absolute Gasteiger partial charge is 0.349 e. The summed E-state index contributed by atoms with van der Waals surface area (Å²) in [6, 6.07) is 21.3. The van der Waals surface area contributed by atoms with Gasteiger partial charge in [-0.25, -0.2) is 4.99 Å². The third-order valence-electron chi connectivity index (χ3n) is 6.27. The van der Waals surface area contributed by atoms with E-state index in [-0.39, 0.29) is 0 Å². The van der Waals surface area contributed by atoms with Crippen LogP contribution in [0, 0.1) is 12.8 Å². The third-order valence-corrected chi connectivity index (χ3v) is 6.27. The van der Waals surface area contributed by atoms with E-state index in [2.05, 4.69) is 81.9 Å². The number of nitrogens with zero attached hydrogens (tertiary/aromatic N) is 5. The molecule has 2 heterocycles. The smallest absolute Gasteiger partial charge is 0.194 e. The van der Waals surface area contributed by atoms with Crippen LogP contribution in [0.2, 0.25) is 0 Å². The van der Waals surface area contributed by atoms with Crippen molar-refractivity contribution in [2.24, 2.45) is 18.0 Å². The van der Waals surface area contributed by atoms with Gasteiger partial charge < -0.3 is 14.8 Å². The first-order valence-electron chi connectivity index (χ1n) is 11.1. The summed E-state index contributed by atoms with van der Waals surface area (Å²) in [7, 11) is 2.00. The SMILES string of the molecule is Cc1nnc(CNC(=NCc2ccccc2)N2CCC(c3ccccc3)C(C)C2)n1C. The second-order valence-electron chi connectivity index (χ2n) is 8.43. The first-order chi connectivity index (χ1) is 15.1. The molecule has 1 aliphatic rings. The Bertz CT molecular complexity index is 995. The second-order valence-corrected chi connectivity index (χ2v) is 8.43. The number of likely N-dealkylation sites (tertiary alicyclic amines) is 1. The highest BCUT2D eigenvalue weighted by Gasteiger charge is 2.29. The van der Waals surface area contributed by atoms with E-state index in [9.17, 15) is 0 Å². The Hall–Kier alpha value is -3.15. The highest BCUT2D eigenvalue weighted by Crippen LogP contribution is 2.32. The molecular formula is C25H32N6. The van der Waals surface area contributed by atoms with E-state index < -0.39 is 0 Å². The topological polar surface area (TPSA) is 58.3 Å². The van der Waals surface area contributed by atoms with Crippen LogP contribution in [0.25, 0.3) is 0 Å². The van der Waals surface area contributed by atoms with Crippen LogP contribution in [0.1, 0.15) is 42.0 Å². The fraction of sp³-hybridized carbons (Fsp3) is 0.400. The minimum atomic E-state index is 0.553. The van der Waals surface area contributed by atoms with Gasteiger partial charge in [0.15, 0.2) is 11.8 Å². The van der Waals surface area contributed by atoms with Crippen LogP contribution in [0.5, 0.6) is 0 Å². The van der Waals surface area contributed by atoms with Crippen molar-refractivity contribution in [2.75, 3.05) is 13.1 Å². The van der Waals surface area contributed by atoms with Gasteiger partial charge in [-0.3, -0.25) is 0 Å². The minimum Gasteiger partial charge on any atom is -0.349 e. The van der Waals surface area contributed by atoms with E-state index in [4.69, 9.17) is 4.99 Å². The minimum absolute atomic E-state index is 0.553. The number of hydrogen-bond donors (Lipinski definition) is 1. The molecule has 2 unspecified atom stereocenters. The number of hydrogen-bond acceptors (Lipinski definition) is 3. The van der Waals surface area contributed by atoms with Crippen molar-refractivity contribution in [3.8, 4) is 0 Å². The molecule has 0 radical (unpaired) electrons. The van der Waals surface area contributed by atoms with Gasteiger partial charge in [0.1, 0.15) is 5.82 Å². The lowest BCUT2D eigenvalue weighted by molar-refractivity contribution is 0.234. The third kappa shape index (κ3) is 5.13. The predicted octanol–water partition coefficient (Wildman–Crippen LogP) is 3.89. The highest BCUT2D eigenvalue weighted by molar-refractivity contribution is 5.80. The Morgan fingerprint density at radius 1 is 1.06 bits per heavy atom. The molecule has 2 aromatic carbocycles. The Morgan fingerprint density at radius 2 is 1.77 bits per heavy atom. The molecule has 1 fully saturated rings. The van der Waals surface area contributed by atoms with E-state index in [1.165, 1.54) is 11.1 Å². The number of aromatic nitrogens is 3. The summed E-state index contributed by atoms with van der Waals surface area (Å²) in [4.78, 5) is 7.37. The molecule has 6 nitrogen and oxygen atoms in total. The zero-order valence-electron chi connectivity index (χ0n) is 18.7. The van der Waals surface area contributed by atoms with Gasteiger partial charge in [0.25, 0.3) is 0 Å². The summed E-state index contributed by atoms with van der Waals surface area (Å²) < 4.78 is 2.02. The van der Waals surface area contributed by atoms with E-state index in [1.807, 2.05) is 24.6 Å². The first-order valence-corrected chi connectivity index (χ1v) is 11.1. The van der Waals surface area contributed by atoms with Gasteiger partial charge in [0.2, 0.25) is 0 Å². The zero-order chi connectivity index (χ0) is 21.6. The van der Waals surface area contributed by atoms with Crippen LogP contribution in [-0.4, -0.2) is 38.7 Å². The maximum atomic E-state index is 4.98. The molecule has 0 spiro atoms. The molecule has 2 atom stereocenters. The lowest BCUT2D eigenvalue weighted by Gasteiger charge is -2.39. The van der Waals surface area contributed by atoms with Gasteiger partial charge in [0, 0.05) is 20.1 Å². The van der Waals surface area contributed by atoms with Gasteiger partial charge in [-0.05, 0) is 36.3 Å². The van der Waals surface area contributed by atoms with Gasteiger partial charge in [0.05, 0.1) is 13.1 Å². The van der Waals surface area contributed by atoms with Gasteiger partial charge in [-0.15, -0.1) is 10.2 Å². The molecule has 6 heteroatoms. The van der Waals surface area contributed by atoms with E-state index in [0.717, 1.165) is 37.1 Å². The number of piperidine rings is 1. The second kappa shape index (κ2) is 9.77. The molecule has 31 heavy (non-hydrogen) atoms. The highest BCUT2D eigenvalue weighted by atomic mass is 15.3. The Labute approximate surface area is 185 Å². The van der Waals surface area contributed by atoms with Crippen molar-refractivity contribution in [1.82, 2.24) is 25.0 Å². The van der Waals surface area contributed by atoms with Crippen molar-refractivity contribution in [1.29, 1.82) is 0 Å². The molecule has 3 aromatic rings. The van der Waals surface area contributed by atoms with Crippen molar-refractivity contribution in [3.63, 3.8) is 0 Å². The monoisotopic (exact) mass is 416 g/mol. The molecule has 1 saturated heterocycles. The van der Waals surface area contributed by atoms with Crippen molar-refractivity contribution < 1.29 is 0 Å². The molecule has 0 saturated carbocycles. The van der Waals surface area contributed by atoms with Crippen LogP contribution in [0.15, 0.2) is 65.7 Å². The summed E-state index contributed by atoms with van der Waals surface area (Å²) in [6.07, 6.45) is 1.13. The number of rotatable bonds is 5. The summed E-state index contributed by atoms with van der Waals surface area (Å²) in [6.45, 7) is 7.56. The molecule has 1 aliphatic heterocycles. The first kappa shape index (κ1) is 21.1. The van der Waals surface area contributed by atoms with Gasteiger partial charge in [-0.2, -0.15) is 0 Å². The lowest BCUT2D eigenvalue weighted by Crippen LogP contribution is -2.48. The van der Waals surface area contributed by atoms with Crippen LogP contribution in [0.3, 0.4) is 0 Å². The normalized spacial score (nSPS) is 19.5. The van der Waals surface area contributed by atoms with Gasteiger partial charge in [-0.1, -0.05) is 67.6 Å². The summed E-state index contributed by atoms with van der Waals surface area (Å²) in [5.74, 6) is 3.92. The molecule has 4 rings (SSSR count). The zero-order valence-corrected chi connectivity index (χ0v) is 18.7. The standard InChI is InChI=1S/C25H32N6/c1-19-18-31(15-14-23(19)22-12-8-5-9-13-22)25(26-16-21-10-6-4-7-11-21)27-17-24-29-28-20(2)30(24)3/h4-13,19,23H,14-18H2,1-3H3,(H,26,27). The number of aryl methyl sites for hydroxylation is 1. The average Bonchev–Trinajstić information content (AvgIpc) is 3.12. The van der Waals surface area contributed by atoms with E-state index >= 15 is 0 Å². The van der Waals surface area contributed by atoms with E-state index in [1.54, 1.807) is 0 Å². The maximum absolute atomic E-state index is 4.98. The molecule has 0 bridgehead atoms. The van der Waals surface area contributed by atoms with Crippen LogP contribution in [-0.2, 0) is 20.1 Å². The molecule has 1 aromatic heterocycles. The number of aliphatic imine (C=N–C) groups is 1.